The van der Waals surface area contributed by atoms with Crippen LogP contribution in [0.15, 0.2) is 0 Å². The molecule has 0 saturated heterocycles. The summed E-state index contributed by atoms with van der Waals surface area (Å²) in [5, 5.41) is 6.67. The summed E-state index contributed by atoms with van der Waals surface area (Å²) in [6, 6.07) is 0. The first-order valence-corrected chi connectivity index (χ1v) is 7.13. The van der Waals surface area contributed by atoms with Gasteiger partial charge in [-0.3, -0.25) is 0 Å². The third-order valence-corrected chi connectivity index (χ3v) is 3.86. The Labute approximate surface area is 116 Å². The van der Waals surface area contributed by atoms with E-state index in [4.69, 9.17) is 4.98 Å². The Morgan fingerprint density at radius 2 is 1.79 bits per heavy atom. The zero-order valence-electron chi connectivity index (χ0n) is 13.0. The summed E-state index contributed by atoms with van der Waals surface area (Å²) in [7, 11) is 1.91. The molecule has 2 unspecified atom stereocenters. The third-order valence-electron chi connectivity index (χ3n) is 3.86. The molecule has 4 heteroatoms. The fraction of sp³-hybridized carbons (Fsp3) is 0.733. The smallest absolute Gasteiger partial charge is 0.138 e. The maximum absolute atomic E-state index is 4.71. The van der Waals surface area contributed by atoms with Crippen molar-refractivity contribution in [3.8, 4) is 0 Å². The van der Waals surface area contributed by atoms with Gasteiger partial charge in [0.2, 0.25) is 0 Å². The molecule has 1 saturated carbocycles. The Morgan fingerprint density at radius 3 is 2.26 bits per heavy atom. The number of aromatic nitrogens is 2. The van der Waals surface area contributed by atoms with E-state index in [1.807, 2.05) is 7.05 Å². The van der Waals surface area contributed by atoms with Crippen LogP contribution in [0.4, 0.5) is 11.6 Å². The SMILES string of the molecule is CNc1nc(C(C)(C)C)nc(NCC2CC2C)c1C. The number of nitrogens with zero attached hydrogens (tertiary/aromatic N) is 2. The zero-order chi connectivity index (χ0) is 14.2. The molecular formula is C15H26N4. The molecule has 0 aliphatic heterocycles. The normalized spacial score (nSPS) is 22.2. The Kier molecular flexibility index (Phi) is 3.70. The second kappa shape index (κ2) is 4.99. The number of rotatable bonds is 4. The van der Waals surface area contributed by atoms with Crippen LogP contribution >= 0.6 is 0 Å². The monoisotopic (exact) mass is 262 g/mol. The molecule has 0 spiro atoms. The second-order valence-corrected chi connectivity index (χ2v) is 6.72. The molecule has 1 aromatic rings. The van der Waals surface area contributed by atoms with Gasteiger partial charge in [0.05, 0.1) is 0 Å². The first-order chi connectivity index (χ1) is 8.82. The van der Waals surface area contributed by atoms with Crippen LogP contribution in [0.1, 0.15) is 45.5 Å². The van der Waals surface area contributed by atoms with Gasteiger partial charge in [-0.25, -0.2) is 9.97 Å². The van der Waals surface area contributed by atoms with Crippen molar-refractivity contribution in [3.63, 3.8) is 0 Å². The molecule has 0 radical (unpaired) electrons. The lowest BCUT2D eigenvalue weighted by molar-refractivity contribution is 0.546. The first-order valence-electron chi connectivity index (χ1n) is 7.13. The molecule has 106 valence electrons. The van der Waals surface area contributed by atoms with Gasteiger partial charge >= 0.3 is 0 Å². The third kappa shape index (κ3) is 3.17. The molecule has 1 fully saturated rings. The van der Waals surface area contributed by atoms with Crippen molar-refractivity contribution < 1.29 is 0 Å². The van der Waals surface area contributed by atoms with Crippen molar-refractivity contribution in [2.24, 2.45) is 11.8 Å². The maximum atomic E-state index is 4.71. The highest BCUT2D eigenvalue weighted by molar-refractivity contribution is 5.57. The second-order valence-electron chi connectivity index (χ2n) is 6.72. The molecule has 1 aliphatic carbocycles. The molecule has 19 heavy (non-hydrogen) atoms. The molecular weight excluding hydrogens is 236 g/mol. The van der Waals surface area contributed by atoms with Gasteiger partial charge in [0.25, 0.3) is 0 Å². The molecule has 1 heterocycles. The molecule has 0 amide bonds. The van der Waals surface area contributed by atoms with Gasteiger partial charge < -0.3 is 10.6 Å². The van der Waals surface area contributed by atoms with E-state index in [0.29, 0.717) is 0 Å². The number of anilines is 2. The van der Waals surface area contributed by atoms with E-state index in [9.17, 15) is 0 Å². The van der Waals surface area contributed by atoms with Crippen molar-refractivity contribution in [1.29, 1.82) is 0 Å². The average molecular weight is 262 g/mol. The van der Waals surface area contributed by atoms with E-state index in [0.717, 1.165) is 41.4 Å². The first kappa shape index (κ1) is 14.1. The van der Waals surface area contributed by atoms with E-state index >= 15 is 0 Å². The summed E-state index contributed by atoms with van der Waals surface area (Å²) in [5.41, 5.74) is 1.06. The van der Waals surface area contributed by atoms with Crippen LogP contribution in [-0.2, 0) is 5.41 Å². The predicted molar refractivity (Wildman–Crippen MR) is 80.8 cm³/mol. The topological polar surface area (TPSA) is 49.8 Å². The molecule has 2 rings (SSSR count). The van der Waals surface area contributed by atoms with Crippen LogP contribution in [0.2, 0.25) is 0 Å². The fourth-order valence-corrected chi connectivity index (χ4v) is 2.18. The van der Waals surface area contributed by atoms with Gasteiger partial charge in [0.15, 0.2) is 0 Å². The van der Waals surface area contributed by atoms with Gasteiger partial charge in [-0.2, -0.15) is 0 Å². The number of nitrogens with one attached hydrogen (secondary N) is 2. The Balaban J connectivity index is 2.24. The quantitative estimate of drug-likeness (QED) is 0.875. The molecule has 1 aliphatic rings. The highest BCUT2D eigenvalue weighted by Gasteiger charge is 2.32. The van der Waals surface area contributed by atoms with Crippen molar-refractivity contribution in [2.75, 3.05) is 24.2 Å². The van der Waals surface area contributed by atoms with Crippen molar-refractivity contribution in [1.82, 2.24) is 9.97 Å². The number of hydrogen-bond acceptors (Lipinski definition) is 4. The minimum atomic E-state index is -0.0391. The summed E-state index contributed by atoms with van der Waals surface area (Å²) in [6.07, 6.45) is 1.34. The van der Waals surface area contributed by atoms with Crippen molar-refractivity contribution in [2.45, 2.75) is 46.5 Å². The van der Waals surface area contributed by atoms with E-state index < -0.39 is 0 Å². The van der Waals surface area contributed by atoms with Gasteiger partial charge in [-0.05, 0) is 25.2 Å². The van der Waals surface area contributed by atoms with Gasteiger partial charge in [0, 0.05) is 24.6 Å². The van der Waals surface area contributed by atoms with Crippen LogP contribution in [0.25, 0.3) is 0 Å². The minimum absolute atomic E-state index is 0.0391. The van der Waals surface area contributed by atoms with Crippen LogP contribution in [-0.4, -0.2) is 23.6 Å². The summed E-state index contributed by atoms with van der Waals surface area (Å²) < 4.78 is 0. The molecule has 2 N–H and O–H groups in total. The highest BCUT2D eigenvalue weighted by Crippen LogP contribution is 2.37. The van der Waals surface area contributed by atoms with E-state index in [1.165, 1.54) is 6.42 Å². The molecule has 2 atom stereocenters. The summed E-state index contributed by atoms with van der Waals surface area (Å²) in [4.78, 5) is 9.33. The predicted octanol–water partition coefficient (Wildman–Crippen LogP) is 3.19. The van der Waals surface area contributed by atoms with Crippen LogP contribution in [0, 0.1) is 18.8 Å². The van der Waals surface area contributed by atoms with Gasteiger partial charge in [-0.15, -0.1) is 0 Å². The largest absolute Gasteiger partial charge is 0.373 e. The maximum Gasteiger partial charge on any atom is 0.138 e. The van der Waals surface area contributed by atoms with Gasteiger partial charge in [-0.1, -0.05) is 27.7 Å². The van der Waals surface area contributed by atoms with Crippen LogP contribution in [0.5, 0.6) is 0 Å². The Morgan fingerprint density at radius 1 is 1.21 bits per heavy atom. The van der Waals surface area contributed by atoms with Crippen molar-refractivity contribution in [3.05, 3.63) is 11.4 Å². The molecule has 0 bridgehead atoms. The standard InChI is InChI=1S/C15H26N4/c1-9-7-11(9)8-17-13-10(2)12(16-6)18-14(19-13)15(3,4)5/h9,11H,7-8H2,1-6H3,(H2,16,17,18,19). The van der Waals surface area contributed by atoms with E-state index in [2.05, 4.69) is 50.2 Å². The molecule has 4 nitrogen and oxygen atoms in total. The Hall–Kier alpha value is -1.32. The molecule has 0 aromatic carbocycles. The van der Waals surface area contributed by atoms with Crippen molar-refractivity contribution >= 4 is 11.6 Å². The minimum Gasteiger partial charge on any atom is -0.373 e. The van der Waals surface area contributed by atoms with E-state index in [-0.39, 0.29) is 5.41 Å². The average Bonchev–Trinajstić information content (AvgIpc) is 3.02. The fourth-order valence-electron chi connectivity index (χ4n) is 2.18. The Bertz CT molecular complexity index is 462. The zero-order valence-corrected chi connectivity index (χ0v) is 13.0. The molecule has 1 aromatic heterocycles. The lowest BCUT2D eigenvalue weighted by Crippen LogP contribution is -2.20. The highest BCUT2D eigenvalue weighted by atomic mass is 15.1. The number of hydrogen-bond donors (Lipinski definition) is 2. The lowest BCUT2D eigenvalue weighted by atomic mass is 9.95. The van der Waals surface area contributed by atoms with Gasteiger partial charge in [0.1, 0.15) is 17.5 Å². The van der Waals surface area contributed by atoms with Crippen LogP contribution in [0.3, 0.4) is 0 Å². The van der Waals surface area contributed by atoms with E-state index in [1.54, 1.807) is 0 Å². The summed E-state index contributed by atoms with van der Waals surface area (Å²) in [5.74, 6) is 4.45. The summed E-state index contributed by atoms with van der Waals surface area (Å²) in [6.45, 7) is 11.8. The van der Waals surface area contributed by atoms with Crippen LogP contribution < -0.4 is 10.6 Å². The summed E-state index contributed by atoms with van der Waals surface area (Å²) >= 11 is 0. The lowest BCUT2D eigenvalue weighted by Gasteiger charge is -2.20.